The van der Waals surface area contributed by atoms with Gasteiger partial charge in [0.25, 0.3) is 0 Å². The summed E-state index contributed by atoms with van der Waals surface area (Å²) in [6, 6.07) is 11.7. The lowest BCUT2D eigenvalue weighted by Crippen LogP contribution is -2.58. The van der Waals surface area contributed by atoms with E-state index in [1.807, 2.05) is 6.07 Å². The second kappa shape index (κ2) is 8.49. The van der Waals surface area contributed by atoms with Crippen molar-refractivity contribution < 1.29 is 9.53 Å². The summed E-state index contributed by atoms with van der Waals surface area (Å²) in [6.07, 6.45) is 6.28. The first-order chi connectivity index (χ1) is 15.0. The maximum atomic E-state index is 13.4. The van der Waals surface area contributed by atoms with E-state index in [0.29, 0.717) is 18.0 Å². The van der Waals surface area contributed by atoms with Gasteiger partial charge in [0, 0.05) is 58.0 Å². The van der Waals surface area contributed by atoms with Crippen molar-refractivity contribution >= 4 is 5.91 Å². The standard InChI is InChI=1S/C26H39N3O2/c1-21(2)27-15-17-28(18-16-27)23-8-19-31-25(20-23)11-13-29(14-12-25)24(30)26(9-10-26)22-6-4-3-5-7-22/h3-7,21,23H,8-20H2,1-2H3/t23-/m1/s1. The van der Waals surface area contributed by atoms with E-state index in [4.69, 9.17) is 4.74 Å². The molecule has 0 unspecified atom stereocenters. The van der Waals surface area contributed by atoms with Gasteiger partial charge in [0.2, 0.25) is 5.91 Å². The third kappa shape index (κ3) is 4.17. The fourth-order valence-corrected chi connectivity index (χ4v) is 6.21. The molecular formula is C26H39N3O2. The fraction of sp³-hybridized carbons (Fsp3) is 0.731. The third-order valence-corrected chi connectivity index (χ3v) is 8.51. The second-order valence-electron chi connectivity index (χ2n) is 10.6. The molecule has 170 valence electrons. The Morgan fingerprint density at radius 1 is 0.968 bits per heavy atom. The molecule has 0 N–H and O–H groups in total. The molecule has 31 heavy (non-hydrogen) atoms. The Morgan fingerprint density at radius 2 is 1.65 bits per heavy atom. The van der Waals surface area contributed by atoms with E-state index in [9.17, 15) is 4.79 Å². The molecule has 1 aromatic carbocycles. The Bertz CT molecular complexity index is 760. The van der Waals surface area contributed by atoms with Crippen LogP contribution in [0, 0.1) is 0 Å². The van der Waals surface area contributed by atoms with Gasteiger partial charge < -0.3 is 9.64 Å². The minimum atomic E-state index is -0.238. The summed E-state index contributed by atoms with van der Waals surface area (Å²) < 4.78 is 6.43. The zero-order valence-corrected chi connectivity index (χ0v) is 19.4. The lowest BCUT2D eigenvalue weighted by molar-refractivity contribution is -0.152. The van der Waals surface area contributed by atoms with Crippen LogP contribution in [0.2, 0.25) is 0 Å². The number of ether oxygens (including phenoxy) is 1. The SMILES string of the molecule is CC(C)N1CCN([C@@H]2CCOC3(CCN(C(=O)C4(c5ccccc5)CC4)CC3)C2)CC1. The molecule has 5 nitrogen and oxygen atoms in total. The van der Waals surface area contributed by atoms with Gasteiger partial charge in [-0.15, -0.1) is 0 Å². The predicted molar refractivity (Wildman–Crippen MR) is 123 cm³/mol. The quantitative estimate of drug-likeness (QED) is 0.742. The van der Waals surface area contributed by atoms with E-state index >= 15 is 0 Å². The number of hydrogen-bond acceptors (Lipinski definition) is 4. The number of carbonyl (C=O) groups excluding carboxylic acids is 1. The first-order valence-electron chi connectivity index (χ1n) is 12.5. The van der Waals surface area contributed by atoms with Crippen molar-refractivity contribution in [2.75, 3.05) is 45.9 Å². The summed E-state index contributed by atoms with van der Waals surface area (Å²) in [5.74, 6) is 0.353. The molecule has 3 aliphatic heterocycles. The molecule has 1 atom stereocenters. The van der Waals surface area contributed by atoms with Gasteiger partial charge in [-0.05, 0) is 57.9 Å². The zero-order valence-electron chi connectivity index (χ0n) is 19.4. The topological polar surface area (TPSA) is 36.0 Å². The van der Waals surface area contributed by atoms with Crippen molar-refractivity contribution in [2.45, 2.75) is 75.5 Å². The number of piperazine rings is 1. The van der Waals surface area contributed by atoms with Gasteiger partial charge in [-0.2, -0.15) is 0 Å². The van der Waals surface area contributed by atoms with Crippen molar-refractivity contribution in [2.24, 2.45) is 0 Å². The molecule has 5 rings (SSSR count). The van der Waals surface area contributed by atoms with Gasteiger partial charge in [0.15, 0.2) is 0 Å². The monoisotopic (exact) mass is 425 g/mol. The molecule has 1 saturated carbocycles. The molecule has 0 aromatic heterocycles. The number of benzene rings is 1. The number of piperidine rings is 1. The molecule has 4 fully saturated rings. The van der Waals surface area contributed by atoms with Crippen molar-refractivity contribution in [3.05, 3.63) is 35.9 Å². The fourth-order valence-electron chi connectivity index (χ4n) is 6.21. The number of rotatable bonds is 4. The van der Waals surface area contributed by atoms with Crippen molar-refractivity contribution in [3.63, 3.8) is 0 Å². The third-order valence-electron chi connectivity index (χ3n) is 8.51. The highest BCUT2D eigenvalue weighted by Crippen LogP contribution is 2.50. The molecule has 1 aliphatic carbocycles. The Morgan fingerprint density at radius 3 is 2.26 bits per heavy atom. The van der Waals surface area contributed by atoms with Gasteiger partial charge in [0.05, 0.1) is 11.0 Å². The molecular weight excluding hydrogens is 386 g/mol. The van der Waals surface area contributed by atoms with E-state index in [2.05, 4.69) is 52.8 Å². The summed E-state index contributed by atoms with van der Waals surface area (Å²) in [5.41, 5.74) is 0.950. The highest BCUT2D eigenvalue weighted by Gasteiger charge is 2.54. The number of nitrogens with zero attached hydrogens (tertiary/aromatic N) is 3. The highest BCUT2D eigenvalue weighted by atomic mass is 16.5. The smallest absolute Gasteiger partial charge is 0.233 e. The van der Waals surface area contributed by atoms with Crippen LogP contribution in [0.15, 0.2) is 30.3 Å². The van der Waals surface area contributed by atoms with Crippen molar-refractivity contribution in [1.29, 1.82) is 0 Å². The minimum Gasteiger partial charge on any atom is -0.375 e. The van der Waals surface area contributed by atoms with Crippen LogP contribution in [-0.4, -0.2) is 84.2 Å². The normalized spacial score (nSPS) is 28.7. The van der Waals surface area contributed by atoms with Crippen molar-refractivity contribution in [3.8, 4) is 0 Å². The molecule has 0 radical (unpaired) electrons. The van der Waals surface area contributed by atoms with Gasteiger partial charge in [0.1, 0.15) is 0 Å². The molecule has 0 bridgehead atoms. The predicted octanol–water partition coefficient (Wildman–Crippen LogP) is 3.28. The Kier molecular flexibility index (Phi) is 5.87. The lowest BCUT2D eigenvalue weighted by atomic mass is 9.81. The molecule has 1 amide bonds. The Labute approximate surface area is 187 Å². The largest absolute Gasteiger partial charge is 0.375 e. The van der Waals surface area contributed by atoms with Crippen LogP contribution in [0.25, 0.3) is 0 Å². The van der Waals surface area contributed by atoms with Crippen LogP contribution in [0.5, 0.6) is 0 Å². The Balaban J connectivity index is 1.18. The van der Waals surface area contributed by atoms with Gasteiger partial charge in [-0.1, -0.05) is 30.3 Å². The van der Waals surface area contributed by atoms with Crippen LogP contribution in [0.4, 0.5) is 0 Å². The van der Waals surface area contributed by atoms with E-state index in [1.54, 1.807) is 0 Å². The lowest BCUT2D eigenvalue weighted by Gasteiger charge is -2.50. The molecule has 4 aliphatic rings. The first-order valence-corrected chi connectivity index (χ1v) is 12.5. The summed E-state index contributed by atoms with van der Waals surface area (Å²) in [5, 5.41) is 0. The van der Waals surface area contributed by atoms with Crippen LogP contribution in [0.3, 0.4) is 0 Å². The molecule has 5 heteroatoms. The number of amides is 1. The maximum absolute atomic E-state index is 13.4. The molecule has 3 heterocycles. The zero-order chi connectivity index (χ0) is 21.5. The van der Waals surface area contributed by atoms with Crippen LogP contribution in [0.1, 0.15) is 57.9 Å². The van der Waals surface area contributed by atoms with Crippen LogP contribution < -0.4 is 0 Å². The van der Waals surface area contributed by atoms with E-state index in [0.717, 1.165) is 58.2 Å². The minimum absolute atomic E-state index is 0.0155. The summed E-state index contributed by atoms with van der Waals surface area (Å²) in [4.78, 5) is 20.9. The maximum Gasteiger partial charge on any atom is 0.233 e. The van der Waals surface area contributed by atoms with E-state index < -0.39 is 0 Å². The average molecular weight is 426 g/mol. The molecule has 1 aromatic rings. The van der Waals surface area contributed by atoms with Gasteiger partial charge in [-0.3, -0.25) is 14.6 Å². The molecule has 3 saturated heterocycles. The van der Waals surface area contributed by atoms with Crippen molar-refractivity contribution in [1.82, 2.24) is 14.7 Å². The second-order valence-corrected chi connectivity index (χ2v) is 10.6. The van der Waals surface area contributed by atoms with Gasteiger partial charge >= 0.3 is 0 Å². The van der Waals surface area contributed by atoms with Crippen LogP contribution in [-0.2, 0) is 14.9 Å². The first kappa shape index (κ1) is 21.4. The highest BCUT2D eigenvalue weighted by molar-refractivity contribution is 5.91. The van der Waals surface area contributed by atoms with E-state index in [-0.39, 0.29) is 11.0 Å². The van der Waals surface area contributed by atoms with Crippen LogP contribution >= 0.6 is 0 Å². The number of carbonyl (C=O) groups is 1. The molecule has 1 spiro atoms. The number of hydrogen-bond donors (Lipinski definition) is 0. The van der Waals surface area contributed by atoms with E-state index in [1.165, 1.54) is 31.7 Å². The summed E-state index contributed by atoms with van der Waals surface area (Å²) >= 11 is 0. The number of likely N-dealkylation sites (tertiary alicyclic amines) is 1. The Hall–Kier alpha value is -1.43. The average Bonchev–Trinajstić information content (AvgIpc) is 3.62. The van der Waals surface area contributed by atoms with Gasteiger partial charge in [-0.25, -0.2) is 0 Å². The summed E-state index contributed by atoms with van der Waals surface area (Å²) in [7, 11) is 0. The summed E-state index contributed by atoms with van der Waals surface area (Å²) in [6.45, 7) is 11.9.